The number of halogens is 6. The Kier molecular flexibility index (Phi) is 18.1. The molecule has 63 heavy (non-hydrogen) atoms. The molecule has 1 aliphatic carbocycles. The number of alkyl halides is 4. The molecule has 0 aromatic heterocycles. The first-order valence-electron chi connectivity index (χ1n) is 21.7. The predicted molar refractivity (Wildman–Crippen MR) is 228 cm³/mol. The molecule has 2 aliphatic heterocycles. The maximum atomic E-state index is 14.7. The summed E-state index contributed by atoms with van der Waals surface area (Å²) in [5.41, 5.74) is -2.22. The summed E-state index contributed by atoms with van der Waals surface area (Å²) in [6, 6.07) is -2.84. The number of carbonyl (C=O) groups is 7. The van der Waals surface area contributed by atoms with Crippen LogP contribution in [-0.4, -0.2) is 132 Å². The number of rotatable bonds is 13. The van der Waals surface area contributed by atoms with Crippen molar-refractivity contribution in [1.29, 1.82) is 0 Å². The first-order valence-corrected chi connectivity index (χ1v) is 22.5. The van der Waals surface area contributed by atoms with E-state index in [0.29, 0.717) is 47.6 Å². The number of hydrogen-bond donors (Lipinski definition) is 4. The van der Waals surface area contributed by atoms with E-state index < -0.39 is 115 Å². The summed E-state index contributed by atoms with van der Waals surface area (Å²) in [5, 5.41) is 11.5. The zero-order valence-corrected chi connectivity index (χ0v) is 38.2. The Bertz CT molecular complexity index is 1850. The van der Waals surface area contributed by atoms with Crippen LogP contribution in [0.4, 0.5) is 17.6 Å². The molecule has 0 spiro atoms. The molecular weight excluding hydrogens is 873 g/mol. The fourth-order valence-electron chi connectivity index (χ4n) is 8.21. The van der Waals surface area contributed by atoms with Crippen LogP contribution >= 0.6 is 23.2 Å². The van der Waals surface area contributed by atoms with Crippen LogP contribution in [0.25, 0.3) is 0 Å². The van der Waals surface area contributed by atoms with E-state index in [-0.39, 0.29) is 49.1 Å². The smallest absolute Gasteiger partial charge is 0.344 e. The van der Waals surface area contributed by atoms with Crippen molar-refractivity contribution in [1.82, 2.24) is 36.0 Å². The van der Waals surface area contributed by atoms with Gasteiger partial charge in [-0.25, -0.2) is 4.39 Å². The monoisotopic (exact) mass is 933 g/mol. The summed E-state index contributed by atoms with van der Waals surface area (Å²) in [4.78, 5) is 101. The van der Waals surface area contributed by atoms with Gasteiger partial charge in [0.25, 0.3) is 0 Å². The van der Waals surface area contributed by atoms with Gasteiger partial charge in [0, 0.05) is 43.5 Å². The third-order valence-corrected chi connectivity index (χ3v) is 12.6. The summed E-state index contributed by atoms with van der Waals surface area (Å²) in [6.45, 7) is 6.77. The maximum absolute atomic E-state index is 14.7. The molecule has 0 unspecified atom stereocenters. The average molecular weight is 935 g/mol. The van der Waals surface area contributed by atoms with E-state index in [1.54, 1.807) is 32.2 Å². The Morgan fingerprint density at radius 2 is 1.62 bits per heavy atom. The van der Waals surface area contributed by atoms with Crippen molar-refractivity contribution in [2.45, 2.75) is 153 Å². The highest BCUT2D eigenvalue weighted by atomic mass is 35.5. The van der Waals surface area contributed by atoms with Crippen molar-refractivity contribution in [3.63, 3.8) is 0 Å². The molecule has 1 aromatic rings. The van der Waals surface area contributed by atoms with Crippen LogP contribution < -0.4 is 21.3 Å². The topological polar surface area (TPSA) is 177 Å². The molecular formula is C43H61Cl2F4N7O7. The number of amides is 7. The lowest BCUT2D eigenvalue weighted by Crippen LogP contribution is -2.60. The number of nitrogens with one attached hydrogen (secondary N) is 4. The van der Waals surface area contributed by atoms with Crippen molar-refractivity contribution in [2.24, 2.45) is 11.3 Å². The van der Waals surface area contributed by atoms with Crippen molar-refractivity contribution < 1.29 is 51.1 Å². The van der Waals surface area contributed by atoms with Gasteiger partial charge in [0.1, 0.15) is 47.8 Å². The highest BCUT2D eigenvalue weighted by molar-refractivity contribution is 6.33. The average Bonchev–Trinajstić information content (AvgIpc) is 3.95. The summed E-state index contributed by atoms with van der Waals surface area (Å²) < 4.78 is 56.3. The first kappa shape index (κ1) is 51.4. The zero-order chi connectivity index (χ0) is 47.0. The lowest BCUT2D eigenvalue weighted by Gasteiger charge is -2.34. The number of likely N-dealkylation sites (N-methyl/N-ethyl adjacent to an activating group) is 2. The third kappa shape index (κ3) is 13.0. The first-order chi connectivity index (χ1) is 29.5. The molecule has 352 valence electrons. The van der Waals surface area contributed by atoms with E-state index in [1.807, 2.05) is 20.8 Å². The van der Waals surface area contributed by atoms with Crippen LogP contribution in [0.2, 0.25) is 10.0 Å². The van der Waals surface area contributed by atoms with Crippen LogP contribution in [0.15, 0.2) is 18.2 Å². The minimum atomic E-state index is -4.88. The van der Waals surface area contributed by atoms with Gasteiger partial charge < -0.3 is 36.0 Å². The second-order valence-electron chi connectivity index (χ2n) is 17.5. The highest BCUT2D eigenvalue weighted by Gasteiger charge is 2.70. The molecule has 3 fully saturated rings. The van der Waals surface area contributed by atoms with Crippen LogP contribution in [0.3, 0.4) is 0 Å². The molecule has 4 N–H and O–H groups in total. The van der Waals surface area contributed by atoms with E-state index >= 15 is 0 Å². The van der Waals surface area contributed by atoms with Gasteiger partial charge in [-0.1, -0.05) is 63.7 Å². The molecule has 2 heterocycles. The van der Waals surface area contributed by atoms with Crippen LogP contribution in [0, 0.1) is 11.3 Å². The largest absolute Gasteiger partial charge is 0.403 e. The van der Waals surface area contributed by atoms with Crippen molar-refractivity contribution in [3.8, 4) is 0 Å². The Morgan fingerprint density at radius 3 is 2.22 bits per heavy atom. The van der Waals surface area contributed by atoms with E-state index in [9.17, 15) is 51.1 Å². The zero-order valence-electron chi connectivity index (χ0n) is 36.7. The summed E-state index contributed by atoms with van der Waals surface area (Å²) >= 11 is 12.8. The standard InChI is InChI=1S/C43H61Cl2F4N7O7/c1-7-11-29(51-38(60)34-22-27(46)23-56(34)41(63)42(16-17-42)43(47,48)49)35(57)50-30-13-9-10-18-54(5)39(61)31(12-8-2)52-37(59)33(21-25-20-26(44)14-15-28(25)45)55(6)40(62)32(19-24(3)4)53-36(30)58/h14-15,20,24,27,29-34H,7-13,16-19,21-23H2,1-6H3,(H,50,57)(H,51,60)(H,52,59)(H,53,58)/t27-,29+,30+,31-,32+,33+,34+/m1/s1. The van der Waals surface area contributed by atoms with Gasteiger partial charge in [-0.05, 0) is 81.0 Å². The van der Waals surface area contributed by atoms with Gasteiger partial charge in [0.15, 0.2) is 0 Å². The van der Waals surface area contributed by atoms with E-state index in [0.717, 1.165) is 0 Å². The SMILES string of the molecule is CCC[C@H](NC(=O)[C@@H]1C[C@@H](F)CN1C(=O)C1(C(F)(F)F)CC1)C(=O)N[C@H]1CCCCN(C)C(=O)[C@@H](CCC)NC(=O)[C@H](Cc2cc(Cl)ccc2Cl)N(C)C(=O)[C@H](CC(C)C)NC1=O. The lowest BCUT2D eigenvalue weighted by atomic mass is 9.98. The van der Waals surface area contributed by atoms with Crippen LogP contribution in [-0.2, 0) is 40.0 Å². The van der Waals surface area contributed by atoms with Gasteiger partial charge in [0.05, 0.1) is 6.54 Å². The van der Waals surface area contributed by atoms with Gasteiger partial charge in [-0.2, -0.15) is 13.2 Å². The number of likely N-dealkylation sites (tertiary alicyclic amines) is 1. The summed E-state index contributed by atoms with van der Waals surface area (Å²) in [5.74, 6) is -5.73. The van der Waals surface area contributed by atoms with Crippen molar-refractivity contribution in [3.05, 3.63) is 33.8 Å². The molecule has 2 saturated heterocycles. The number of carbonyl (C=O) groups excluding carboxylic acids is 7. The molecule has 1 aromatic carbocycles. The summed E-state index contributed by atoms with van der Waals surface area (Å²) in [7, 11) is 2.99. The van der Waals surface area contributed by atoms with Crippen molar-refractivity contribution in [2.75, 3.05) is 27.2 Å². The molecule has 4 rings (SSSR count). The molecule has 7 amide bonds. The second-order valence-corrected chi connectivity index (χ2v) is 18.3. The van der Waals surface area contributed by atoms with Gasteiger partial charge in [-0.15, -0.1) is 0 Å². The number of nitrogens with zero attached hydrogens (tertiary/aromatic N) is 3. The van der Waals surface area contributed by atoms with Crippen LogP contribution in [0.1, 0.15) is 104 Å². The Labute approximate surface area is 376 Å². The molecule has 7 atom stereocenters. The van der Waals surface area contributed by atoms with Gasteiger partial charge in [0.2, 0.25) is 41.4 Å². The Balaban J connectivity index is 1.63. The minimum Gasteiger partial charge on any atom is -0.344 e. The molecule has 1 saturated carbocycles. The number of hydrogen-bond acceptors (Lipinski definition) is 7. The Hall–Kier alpha value is -4.19. The minimum absolute atomic E-state index is 0.0172. The molecule has 0 bridgehead atoms. The Morgan fingerprint density at radius 1 is 0.952 bits per heavy atom. The normalized spacial score (nSPS) is 25.7. The molecule has 20 heteroatoms. The van der Waals surface area contributed by atoms with Crippen LogP contribution in [0.5, 0.6) is 0 Å². The highest BCUT2D eigenvalue weighted by Crippen LogP contribution is 2.59. The molecule has 14 nitrogen and oxygen atoms in total. The summed E-state index contributed by atoms with van der Waals surface area (Å²) in [6.07, 6.45) is -6.20. The van der Waals surface area contributed by atoms with E-state index in [4.69, 9.17) is 23.2 Å². The predicted octanol–water partition coefficient (Wildman–Crippen LogP) is 4.87. The van der Waals surface area contributed by atoms with Gasteiger partial charge in [-0.3, -0.25) is 33.6 Å². The van der Waals surface area contributed by atoms with E-state index in [1.165, 1.54) is 16.8 Å². The van der Waals surface area contributed by atoms with Crippen molar-refractivity contribution >= 4 is 64.6 Å². The van der Waals surface area contributed by atoms with Gasteiger partial charge >= 0.3 is 6.18 Å². The third-order valence-electron chi connectivity index (χ3n) is 12.0. The van der Waals surface area contributed by atoms with E-state index in [2.05, 4.69) is 21.3 Å². The quantitative estimate of drug-likeness (QED) is 0.204. The lowest BCUT2D eigenvalue weighted by molar-refractivity contribution is -0.199. The fraction of sp³-hybridized carbons (Fsp3) is 0.698. The molecule has 3 aliphatic rings. The second kappa shape index (κ2) is 22.1. The fourth-order valence-corrected chi connectivity index (χ4v) is 8.60. The molecule has 0 radical (unpaired) electrons. The number of benzene rings is 1. The maximum Gasteiger partial charge on any atom is 0.403 e.